The van der Waals surface area contributed by atoms with Crippen LogP contribution < -0.4 is 4.90 Å². The molecule has 3 nitrogen and oxygen atoms in total. The highest BCUT2D eigenvalue weighted by atomic mass is 79.9. The number of aryl methyl sites for hydroxylation is 1. The van der Waals surface area contributed by atoms with E-state index in [0.717, 1.165) is 4.90 Å². The zero-order chi connectivity index (χ0) is 14.4. The lowest BCUT2D eigenvalue weighted by Crippen LogP contribution is -2.30. The highest BCUT2D eigenvalue weighted by molar-refractivity contribution is 9.10. The Kier molecular flexibility index (Phi) is 2.94. The van der Waals surface area contributed by atoms with Gasteiger partial charge in [0.15, 0.2) is 0 Å². The van der Waals surface area contributed by atoms with Crippen molar-refractivity contribution in [3.63, 3.8) is 0 Å². The molecule has 20 heavy (non-hydrogen) atoms. The number of nitrogens with zero attached hydrogens (tertiary/aromatic N) is 1. The summed E-state index contributed by atoms with van der Waals surface area (Å²) in [6.45, 7) is 1.66. The number of imide groups is 1. The summed E-state index contributed by atoms with van der Waals surface area (Å²) in [4.78, 5) is 25.9. The fourth-order valence-corrected chi connectivity index (χ4v) is 3.08. The first kappa shape index (κ1) is 13.0. The zero-order valence-electron chi connectivity index (χ0n) is 10.5. The van der Waals surface area contributed by atoms with Gasteiger partial charge < -0.3 is 0 Å². The smallest absolute Gasteiger partial charge is 0.266 e. The number of anilines is 1. The Balaban J connectivity index is 2.19. The van der Waals surface area contributed by atoms with Crippen molar-refractivity contribution >= 4 is 33.4 Å². The van der Waals surface area contributed by atoms with E-state index in [0.29, 0.717) is 26.9 Å². The third-order valence-electron chi connectivity index (χ3n) is 3.24. The molecule has 0 N–H and O–H groups in total. The fraction of sp³-hybridized carbons (Fsp3) is 0.0667. The number of fused-ring (bicyclic) bond motifs is 1. The number of hydrogen-bond acceptors (Lipinski definition) is 2. The Morgan fingerprint density at radius 1 is 1.05 bits per heavy atom. The standard InChI is InChI=1S/C15H9BrFNO2/c1-8-6-9(17)7-12(16)13(8)18-14(19)10-4-2-3-5-11(10)15(18)20/h2-7H,1H3. The predicted octanol–water partition coefficient (Wildman–Crippen LogP) is 3.70. The topological polar surface area (TPSA) is 37.4 Å². The van der Waals surface area contributed by atoms with Gasteiger partial charge in [-0.25, -0.2) is 9.29 Å². The maximum Gasteiger partial charge on any atom is 0.266 e. The van der Waals surface area contributed by atoms with Crippen molar-refractivity contribution in [3.8, 4) is 0 Å². The van der Waals surface area contributed by atoms with Crippen LogP contribution in [-0.2, 0) is 0 Å². The molecule has 0 bridgehead atoms. The van der Waals surface area contributed by atoms with Crippen LogP contribution >= 0.6 is 15.9 Å². The lowest BCUT2D eigenvalue weighted by Gasteiger charge is -2.18. The Morgan fingerprint density at radius 3 is 2.10 bits per heavy atom. The van der Waals surface area contributed by atoms with E-state index in [1.807, 2.05) is 0 Å². The summed E-state index contributed by atoms with van der Waals surface area (Å²) in [6.07, 6.45) is 0. The molecule has 1 heterocycles. The van der Waals surface area contributed by atoms with E-state index in [4.69, 9.17) is 0 Å². The molecule has 0 radical (unpaired) electrons. The van der Waals surface area contributed by atoms with Crippen molar-refractivity contribution in [1.29, 1.82) is 0 Å². The lowest BCUT2D eigenvalue weighted by molar-refractivity contribution is 0.0925. The number of carbonyl (C=O) groups excluding carboxylic acids is 2. The van der Waals surface area contributed by atoms with Crippen LogP contribution in [0.1, 0.15) is 26.3 Å². The van der Waals surface area contributed by atoms with Crippen molar-refractivity contribution in [1.82, 2.24) is 0 Å². The molecular formula is C15H9BrFNO2. The maximum absolute atomic E-state index is 13.3. The van der Waals surface area contributed by atoms with Crippen molar-refractivity contribution in [2.75, 3.05) is 4.90 Å². The van der Waals surface area contributed by atoms with E-state index in [2.05, 4.69) is 15.9 Å². The molecule has 1 aliphatic heterocycles. The molecule has 0 fully saturated rings. The molecular weight excluding hydrogens is 325 g/mol. The molecule has 2 aromatic rings. The molecule has 100 valence electrons. The summed E-state index contributed by atoms with van der Waals surface area (Å²) in [6, 6.07) is 9.18. The third kappa shape index (κ3) is 1.78. The van der Waals surface area contributed by atoms with E-state index in [9.17, 15) is 14.0 Å². The Labute approximate surface area is 123 Å². The van der Waals surface area contributed by atoms with Gasteiger partial charge in [-0.3, -0.25) is 9.59 Å². The second-order valence-electron chi connectivity index (χ2n) is 4.54. The van der Waals surface area contributed by atoms with Crippen LogP contribution in [0, 0.1) is 12.7 Å². The van der Waals surface area contributed by atoms with Crippen molar-refractivity contribution < 1.29 is 14.0 Å². The number of halogens is 2. The first-order chi connectivity index (χ1) is 9.50. The van der Waals surface area contributed by atoms with E-state index in [-0.39, 0.29) is 11.8 Å². The van der Waals surface area contributed by atoms with Gasteiger partial charge in [0.1, 0.15) is 5.82 Å². The molecule has 0 spiro atoms. The molecule has 0 aliphatic carbocycles. The fourth-order valence-electron chi connectivity index (χ4n) is 2.37. The largest absolute Gasteiger partial charge is 0.268 e. The summed E-state index contributed by atoms with van der Waals surface area (Å²) in [5, 5.41) is 0. The van der Waals surface area contributed by atoms with Gasteiger partial charge in [-0.15, -0.1) is 0 Å². The minimum Gasteiger partial charge on any atom is -0.268 e. The van der Waals surface area contributed by atoms with Gasteiger partial charge in [-0.2, -0.15) is 0 Å². The molecule has 5 heteroatoms. The van der Waals surface area contributed by atoms with Crippen molar-refractivity contribution in [2.45, 2.75) is 6.92 Å². The number of amides is 2. The Morgan fingerprint density at radius 2 is 1.60 bits per heavy atom. The van der Waals surface area contributed by atoms with E-state index >= 15 is 0 Å². The van der Waals surface area contributed by atoms with Crippen LogP contribution in [0.3, 0.4) is 0 Å². The predicted molar refractivity (Wildman–Crippen MR) is 76.4 cm³/mol. The van der Waals surface area contributed by atoms with Crippen LogP contribution in [0.25, 0.3) is 0 Å². The van der Waals surface area contributed by atoms with Crippen molar-refractivity contribution in [2.24, 2.45) is 0 Å². The molecule has 0 saturated carbocycles. The SMILES string of the molecule is Cc1cc(F)cc(Br)c1N1C(=O)c2ccccc2C1=O. The summed E-state index contributed by atoms with van der Waals surface area (Å²) < 4.78 is 13.7. The molecule has 3 rings (SSSR count). The van der Waals surface area contributed by atoms with Gasteiger partial charge in [0.05, 0.1) is 16.8 Å². The second kappa shape index (κ2) is 4.52. The maximum atomic E-state index is 13.3. The van der Waals surface area contributed by atoms with Crippen LogP contribution in [0.4, 0.5) is 10.1 Å². The average Bonchev–Trinajstić information content (AvgIpc) is 2.64. The Hall–Kier alpha value is -2.01. The second-order valence-corrected chi connectivity index (χ2v) is 5.40. The third-order valence-corrected chi connectivity index (χ3v) is 3.84. The van der Waals surface area contributed by atoms with Crippen LogP contribution in [-0.4, -0.2) is 11.8 Å². The van der Waals surface area contributed by atoms with Gasteiger partial charge in [0.2, 0.25) is 0 Å². The molecule has 0 atom stereocenters. The molecule has 0 aromatic heterocycles. The van der Waals surface area contributed by atoms with Crippen LogP contribution in [0.2, 0.25) is 0 Å². The number of rotatable bonds is 1. The first-order valence-corrected chi connectivity index (χ1v) is 6.73. The minimum absolute atomic E-state index is 0.369. The summed E-state index contributed by atoms with van der Waals surface area (Å²) in [5.41, 5.74) is 1.64. The van der Waals surface area contributed by atoms with Crippen LogP contribution in [0.5, 0.6) is 0 Å². The molecule has 2 aromatic carbocycles. The molecule has 2 amide bonds. The highest BCUT2D eigenvalue weighted by Crippen LogP contribution is 2.36. The number of carbonyl (C=O) groups is 2. The monoisotopic (exact) mass is 333 g/mol. The quantitative estimate of drug-likeness (QED) is 0.746. The van der Waals surface area contributed by atoms with Gasteiger partial charge in [0, 0.05) is 4.47 Å². The minimum atomic E-state index is -0.422. The van der Waals surface area contributed by atoms with Crippen molar-refractivity contribution in [3.05, 3.63) is 63.4 Å². The number of benzene rings is 2. The number of hydrogen-bond donors (Lipinski definition) is 0. The zero-order valence-corrected chi connectivity index (χ0v) is 12.1. The van der Waals surface area contributed by atoms with E-state index < -0.39 is 5.82 Å². The molecule has 0 saturated heterocycles. The summed E-state index contributed by atoms with van der Waals surface area (Å²) in [5.74, 6) is -1.20. The highest BCUT2D eigenvalue weighted by Gasteiger charge is 2.37. The van der Waals surface area contributed by atoms with Crippen LogP contribution in [0.15, 0.2) is 40.9 Å². The molecule has 1 aliphatic rings. The molecule has 0 unspecified atom stereocenters. The summed E-state index contributed by atoms with van der Waals surface area (Å²) >= 11 is 3.22. The van der Waals surface area contributed by atoms with Gasteiger partial charge in [-0.05, 0) is 52.7 Å². The summed E-state index contributed by atoms with van der Waals surface area (Å²) in [7, 11) is 0. The van der Waals surface area contributed by atoms with E-state index in [1.54, 1.807) is 31.2 Å². The van der Waals surface area contributed by atoms with Gasteiger partial charge in [0.25, 0.3) is 11.8 Å². The Bertz CT molecular complexity index is 699. The normalized spacial score (nSPS) is 13.8. The van der Waals surface area contributed by atoms with E-state index in [1.165, 1.54) is 12.1 Å². The first-order valence-electron chi connectivity index (χ1n) is 5.94. The average molecular weight is 334 g/mol. The van der Waals surface area contributed by atoms with Gasteiger partial charge >= 0.3 is 0 Å². The lowest BCUT2D eigenvalue weighted by atomic mass is 10.1. The van der Waals surface area contributed by atoms with Gasteiger partial charge in [-0.1, -0.05) is 12.1 Å².